The molecule has 0 aromatic heterocycles. The van der Waals surface area contributed by atoms with Gasteiger partial charge in [0.15, 0.2) is 0 Å². The molecule has 0 unspecified atom stereocenters. The first-order valence-electron chi connectivity index (χ1n) is 8.31. The molecule has 0 saturated heterocycles. The van der Waals surface area contributed by atoms with E-state index in [2.05, 4.69) is 0 Å². The fourth-order valence-corrected chi connectivity index (χ4v) is 3.04. The molecule has 0 bridgehead atoms. The molecule has 1 aliphatic carbocycles. The van der Waals surface area contributed by atoms with Gasteiger partial charge in [-0.1, -0.05) is 23.7 Å². The van der Waals surface area contributed by atoms with Crippen molar-refractivity contribution < 1.29 is 14.3 Å². The smallest absolute Gasteiger partial charge is 0.254 e. The molecule has 0 radical (unpaired) electrons. The van der Waals surface area contributed by atoms with E-state index in [1.54, 1.807) is 26.4 Å². The molecule has 25 heavy (non-hydrogen) atoms. The van der Waals surface area contributed by atoms with Crippen molar-refractivity contribution in [2.45, 2.75) is 32.4 Å². The van der Waals surface area contributed by atoms with E-state index in [4.69, 9.17) is 21.1 Å². The summed E-state index contributed by atoms with van der Waals surface area (Å²) in [6.07, 6.45) is 2.08. The summed E-state index contributed by atoms with van der Waals surface area (Å²) in [4.78, 5) is 15.1. The van der Waals surface area contributed by atoms with Crippen LogP contribution in [0.5, 0.6) is 11.5 Å². The molecule has 0 spiro atoms. The average Bonchev–Trinajstić information content (AvgIpc) is 3.46. The van der Waals surface area contributed by atoms with Gasteiger partial charge in [-0.05, 0) is 49.6 Å². The molecule has 1 amide bonds. The molecule has 2 aromatic carbocycles. The lowest BCUT2D eigenvalue weighted by Gasteiger charge is -2.23. The van der Waals surface area contributed by atoms with E-state index in [0.29, 0.717) is 34.7 Å². The first kappa shape index (κ1) is 17.6. The van der Waals surface area contributed by atoms with Crippen LogP contribution in [0.25, 0.3) is 0 Å². The Labute approximate surface area is 153 Å². The highest BCUT2D eigenvalue weighted by atomic mass is 35.5. The Bertz CT molecular complexity index is 744. The van der Waals surface area contributed by atoms with Gasteiger partial charge >= 0.3 is 0 Å². The SMILES string of the molecule is COc1cc(C(=O)N(Cc2ccc(Cl)cc2)C2CC2)cc(OC)c1C. The normalized spacial score (nSPS) is 13.4. The van der Waals surface area contributed by atoms with Gasteiger partial charge in [0.1, 0.15) is 11.5 Å². The zero-order chi connectivity index (χ0) is 18.0. The van der Waals surface area contributed by atoms with E-state index in [-0.39, 0.29) is 5.91 Å². The Balaban J connectivity index is 1.89. The largest absolute Gasteiger partial charge is 0.496 e. The highest BCUT2D eigenvalue weighted by Gasteiger charge is 2.33. The van der Waals surface area contributed by atoms with Gasteiger partial charge in [-0.15, -0.1) is 0 Å². The third kappa shape index (κ3) is 3.90. The number of hydrogen-bond donors (Lipinski definition) is 0. The lowest BCUT2D eigenvalue weighted by Crippen LogP contribution is -2.32. The summed E-state index contributed by atoms with van der Waals surface area (Å²) in [6, 6.07) is 11.5. The number of carbonyl (C=O) groups is 1. The van der Waals surface area contributed by atoms with E-state index < -0.39 is 0 Å². The second-order valence-electron chi connectivity index (χ2n) is 6.30. The maximum atomic E-state index is 13.1. The molecule has 0 aliphatic heterocycles. The summed E-state index contributed by atoms with van der Waals surface area (Å²) in [5.74, 6) is 1.31. The number of benzene rings is 2. The van der Waals surface area contributed by atoms with Crippen LogP contribution in [-0.2, 0) is 6.54 Å². The summed E-state index contributed by atoms with van der Waals surface area (Å²) in [7, 11) is 3.20. The van der Waals surface area contributed by atoms with Gasteiger partial charge in [0, 0.05) is 28.7 Å². The van der Waals surface area contributed by atoms with Gasteiger partial charge in [-0.3, -0.25) is 4.79 Å². The molecule has 5 heteroatoms. The van der Waals surface area contributed by atoms with Crippen molar-refractivity contribution in [3.05, 3.63) is 58.1 Å². The Morgan fingerprint density at radius 1 is 1.12 bits per heavy atom. The maximum Gasteiger partial charge on any atom is 0.254 e. The van der Waals surface area contributed by atoms with Crippen LogP contribution < -0.4 is 9.47 Å². The van der Waals surface area contributed by atoms with Crippen LogP contribution >= 0.6 is 11.6 Å². The first-order chi connectivity index (χ1) is 12.0. The molecule has 1 fully saturated rings. The highest BCUT2D eigenvalue weighted by molar-refractivity contribution is 6.30. The summed E-state index contributed by atoms with van der Waals surface area (Å²) in [5, 5.41) is 0.695. The van der Waals surface area contributed by atoms with Crippen LogP contribution in [0.15, 0.2) is 36.4 Å². The quantitative estimate of drug-likeness (QED) is 0.763. The standard InChI is InChI=1S/C20H22ClNO3/c1-13-18(24-2)10-15(11-19(13)25-3)20(23)22(17-8-9-17)12-14-4-6-16(21)7-5-14/h4-7,10-11,17H,8-9,12H2,1-3H3. The molecule has 132 valence electrons. The molecule has 2 aromatic rings. The van der Waals surface area contributed by atoms with Crippen LogP contribution in [0.3, 0.4) is 0 Å². The Kier molecular flexibility index (Phi) is 5.19. The molecule has 1 saturated carbocycles. The number of carbonyl (C=O) groups excluding carboxylic acids is 1. The van der Waals surface area contributed by atoms with Gasteiger partial charge in [0.2, 0.25) is 0 Å². The topological polar surface area (TPSA) is 38.8 Å². The van der Waals surface area contributed by atoms with Crippen LogP contribution in [0.4, 0.5) is 0 Å². The molecule has 4 nitrogen and oxygen atoms in total. The Morgan fingerprint density at radius 2 is 1.68 bits per heavy atom. The minimum atomic E-state index is -0.00551. The van der Waals surface area contributed by atoms with Crippen molar-refractivity contribution in [3.8, 4) is 11.5 Å². The van der Waals surface area contributed by atoms with Crippen LogP contribution in [0.2, 0.25) is 5.02 Å². The second-order valence-corrected chi connectivity index (χ2v) is 6.73. The molecule has 3 rings (SSSR count). The Morgan fingerprint density at radius 3 is 2.16 bits per heavy atom. The van der Waals surface area contributed by atoms with Crippen molar-refractivity contribution in [1.82, 2.24) is 4.90 Å². The van der Waals surface area contributed by atoms with Crippen molar-refractivity contribution in [3.63, 3.8) is 0 Å². The minimum Gasteiger partial charge on any atom is -0.496 e. The zero-order valence-electron chi connectivity index (χ0n) is 14.7. The fraction of sp³-hybridized carbons (Fsp3) is 0.350. The molecular weight excluding hydrogens is 338 g/mol. The average molecular weight is 360 g/mol. The van der Waals surface area contributed by atoms with Crippen LogP contribution in [-0.4, -0.2) is 31.1 Å². The third-order valence-electron chi connectivity index (χ3n) is 4.51. The van der Waals surface area contributed by atoms with Gasteiger partial charge in [-0.25, -0.2) is 0 Å². The first-order valence-corrected chi connectivity index (χ1v) is 8.69. The number of methoxy groups -OCH3 is 2. The van der Waals surface area contributed by atoms with Crippen LogP contribution in [0.1, 0.15) is 34.3 Å². The number of hydrogen-bond acceptors (Lipinski definition) is 3. The van der Waals surface area contributed by atoms with Gasteiger partial charge < -0.3 is 14.4 Å². The summed E-state index contributed by atoms with van der Waals surface area (Å²) >= 11 is 5.95. The van der Waals surface area contributed by atoms with E-state index in [1.165, 1.54) is 0 Å². The fourth-order valence-electron chi connectivity index (χ4n) is 2.91. The van der Waals surface area contributed by atoms with Gasteiger partial charge in [-0.2, -0.15) is 0 Å². The van der Waals surface area contributed by atoms with E-state index in [0.717, 1.165) is 24.0 Å². The third-order valence-corrected chi connectivity index (χ3v) is 4.77. The minimum absolute atomic E-state index is 0.00551. The van der Waals surface area contributed by atoms with Gasteiger partial charge in [0.05, 0.1) is 14.2 Å². The number of ether oxygens (including phenoxy) is 2. The predicted molar refractivity (Wildman–Crippen MR) is 98.6 cm³/mol. The highest BCUT2D eigenvalue weighted by Crippen LogP contribution is 2.33. The summed E-state index contributed by atoms with van der Waals surface area (Å²) < 4.78 is 10.8. The monoisotopic (exact) mass is 359 g/mol. The molecular formula is C20H22ClNO3. The van der Waals surface area contributed by atoms with Crippen molar-refractivity contribution in [1.29, 1.82) is 0 Å². The van der Waals surface area contributed by atoms with Crippen molar-refractivity contribution in [2.75, 3.05) is 14.2 Å². The lowest BCUT2D eigenvalue weighted by atomic mass is 10.1. The second kappa shape index (κ2) is 7.36. The van der Waals surface area contributed by atoms with E-state index in [9.17, 15) is 4.79 Å². The number of halogens is 1. The lowest BCUT2D eigenvalue weighted by molar-refractivity contribution is 0.0729. The van der Waals surface area contributed by atoms with E-state index in [1.807, 2.05) is 36.1 Å². The number of rotatable bonds is 6. The Hall–Kier alpha value is -2.20. The molecule has 0 heterocycles. The zero-order valence-corrected chi connectivity index (χ0v) is 15.5. The predicted octanol–water partition coefficient (Wildman–Crippen LogP) is 4.47. The molecule has 0 N–H and O–H groups in total. The van der Waals surface area contributed by atoms with E-state index >= 15 is 0 Å². The number of nitrogens with zero attached hydrogens (tertiary/aromatic N) is 1. The maximum absolute atomic E-state index is 13.1. The van der Waals surface area contributed by atoms with Crippen molar-refractivity contribution >= 4 is 17.5 Å². The summed E-state index contributed by atoms with van der Waals surface area (Å²) in [5.41, 5.74) is 2.54. The molecule has 0 atom stereocenters. The van der Waals surface area contributed by atoms with Crippen LogP contribution in [0, 0.1) is 6.92 Å². The van der Waals surface area contributed by atoms with Crippen molar-refractivity contribution in [2.24, 2.45) is 0 Å². The summed E-state index contributed by atoms with van der Waals surface area (Å²) in [6.45, 7) is 2.48. The number of amides is 1. The van der Waals surface area contributed by atoms with Gasteiger partial charge in [0.25, 0.3) is 5.91 Å². The molecule has 1 aliphatic rings.